The van der Waals surface area contributed by atoms with Gasteiger partial charge in [0.05, 0.1) is 12.1 Å². The average Bonchev–Trinajstić information content (AvgIpc) is 3.42. The van der Waals surface area contributed by atoms with Gasteiger partial charge in [0.25, 0.3) is 0 Å². The summed E-state index contributed by atoms with van der Waals surface area (Å²) in [7, 11) is 0. The molecule has 1 aromatic carbocycles. The number of fused-ring (bicyclic) bond motifs is 1. The average molecular weight is 448 g/mol. The molecular weight excluding hydrogens is 422 g/mol. The fourth-order valence-corrected chi connectivity index (χ4v) is 4.43. The quantitative estimate of drug-likeness (QED) is 0.439. The van der Waals surface area contributed by atoms with E-state index in [-0.39, 0.29) is 18.2 Å². The van der Waals surface area contributed by atoms with E-state index in [1.54, 1.807) is 12.4 Å². The molecule has 0 aliphatic heterocycles. The Morgan fingerprint density at radius 1 is 1.16 bits per heavy atom. The second kappa shape index (κ2) is 9.74. The number of anilines is 1. The van der Waals surface area contributed by atoms with Gasteiger partial charge >= 0.3 is 0 Å². The Bertz CT molecular complexity index is 1230. The number of likely N-dealkylation sites (N-methyl/N-ethyl adjacent to an activating group) is 1. The molecule has 0 atom stereocenters. The van der Waals surface area contributed by atoms with Crippen molar-refractivity contribution in [3.05, 3.63) is 66.1 Å². The van der Waals surface area contributed by atoms with Crippen LogP contribution in [-0.2, 0) is 22.6 Å². The highest BCUT2D eigenvalue weighted by molar-refractivity contribution is 7.13. The van der Waals surface area contributed by atoms with Crippen molar-refractivity contribution in [1.82, 2.24) is 19.4 Å². The van der Waals surface area contributed by atoms with Crippen LogP contribution < -0.4 is 5.32 Å². The summed E-state index contributed by atoms with van der Waals surface area (Å²) in [6.07, 6.45) is 5.60. The summed E-state index contributed by atoms with van der Waals surface area (Å²) in [4.78, 5) is 35.5. The summed E-state index contributed by atoms with van der Waals surface area (Å²) in [6, 6.07) is 11.5. The van der Waals surface area contributed by atoms with Crippen LogP contribution in [0.3, 0.4) is 0 Å². The third-order valence-electron chi connectivity index (χ3n) is 5.28. The van der Waals surface area contributed by atoms with E-state index in [2.05, 4.69) is 15.3 Å². The number of hydrogen-bond donors (Lipinski definition) is 1. The van der Waals surface area contributed by atoms with Crippen molar-refractivity contribution in [1.29, 1.82) is 0 Å². The summed E-state index contributed by atoms with van der Waals surface area (Å²) in [6.45, 7) is 5.67. The van der Waals surface area contributed by atoms with Gasteiger partial charge in [-0.1, -0.05) is 0 Å². The number of pyridine rings is 1. The number of nitrogens with one attached hydrogen (secondary N) is 1. The molecule has 0 fully saturated rings. The maximum atomic E-state index is 12.5. The molecule has 1 N–H and O–H groups in total. The molecule has 0 bridgehead atoms. The predicted molar refractivity (Wildman–Crippen MR) is 128 cm³/mol. The zero-order valence-corrected chi connectivity index (χ0v) is 18.9. The van der Waals surface area contributed by atoms with Gasteiger partial charge in [-0.25, -0.2) is 4.98 Å². The van der Waals surface area contributed by atoms with Gasteiger partial charge in [-0.15, -0.1) is 11.3 Å². The van der Waals surface area contributed by atoms with Crippen LogP contribution in [0, 0.1) is 0 Å². The van der Waals surface area contributed by atoms with Crippen LogP contribution in [0.1, 0.15) is 19.5 Å². The molecule has 0 saturated heterocycles. The first kappa shape index (κ1) is 21.7. The van der Waals surface area contributed by atoms with Crippen molar-refractivity contribution >= 4 is 39.7 Å². The zero-order chi connectivity index (χ0) is 22.5. The number of nitrogens with zero attached hydrogens (tertiary/aromatic N) is 4. The Labute approximate surface area is 190 Å². The Kier molecular flexibility index (Phi) is 6.61. The molecule has 7 nitrogen and oxygen atoms in total. The molecule has 32 heavy (non-hydrogen) atoms. The zero-order valence-electron chi connectivity index (χ0n) is 18.1. The van der Waals surface area contributed by atoms with Crippen molar-refractivity contribution in [2.24, 2.45) is 0 Å². The number of hydrogen-bond acceptors (Lipinski definition) is 5. The Balaban J connectivity index is 1.41. The van der Waals surface area contributed by atoms with Gasteiger partial charge in [-0.05, 0) is 50.2 Å². The third kappa shape index (κ3) is 4.86. The smallest absolute Gasteiger partial charge is 0.242 e. The fraction of sp³-hybridized carbons (Fsp3) is 0.250. The first-order chi connectivity index (χ1) is 15.6. The normalized spacial score (nSPS) is 10.9. The molecule has 0 unspecified atom stereocenters. The number of thiazole rings is 1. The first-order valence-corrected chi connectivity index (χ1v) is 11.5. The summed E-state index contributed by atoms with van der Waals surface area (Å²) in [5.41, 5.74) is 3.36. The monoisotopic (exact) mass is 447 g/mol. The highest BCUT2D eigenvalue weighted by Gasteiger charge is 2.13. The number of rotatable bonds is 8. The van der Waals surface area contributed by atoms with E-state index in [1.807, 2.05) is 71.3 Å². The minimum absolute atomic E-state index is 0.0961. The SMILES string of the molecule is CCN(CC)C(=O)Cn1ccc2cc(NC(=O)Cc3csc(-c4cccnc4)n3)ccc21. The maximum Gasteiger partial charge on any atom is 0.242 e. The van der Waals surface area contributed by atoms with E-state index < -0.39 is 0 Å². The second-order valence-electron chi connectivity index (χ2n) is 7.39. The number of aromatic nitrogens is 3. The second-order valence-corrected chi connectivity index (χ2v) is 8.25. The van der Waals surface area contributed by atoms with Crippen LogP contribution in [0.15, 0.2) is 60.4 Å². The van der Waals surface area contributed by atoms with E-state index in [0.29, 0.717) is 19.6 Å². The lowest BCUT2D eigenvalue weighted by Gasteiger charge is -2.19. The molecule has 8 heteroatoms. The number of benzene rings is 1. The minimum Gasteiger partial charge on any atom is -0.342 e. The largest absolute Gasteiger partial charge is 0.342 e. The van der Waals surface area contributed by atoms with Crippen LogP contribution >= 0.6 is 11.3 Å². The summed E-state index contributed by atoms with van der Waals surface area (Å²) < 4.78 is 1.94. The Hall–Kier alpha value is -3.52. The number of amides is 2. The molecule has 4 rings (SSSR count). The van der Waals surface area contributed by atoms with E-state index in [9.17, 15) is 9.59 Å². The van der Waals surface area contributed by atoms with Crippen molar-refractivity contribution < 1.29 is 9.59 Å². The molecule has 2 amide bonds. The molecule has 3 aromatic heterocycles. The highest BCUT2D eigenvalue weighted by Crippen LogP contribution is 2.24. The predicted octanol–water partition coefficient (Wildman–Crippen LogP) is 4.21. The van der Waals surface area contributed by atoms with Crippen LogP contribution in [0.4, 0.5) is 5.69 Å². The topological polar surface area (TPSA) is 80.1 Å². The molecule has 4 aromatic rings. The van der Waals surface area contributed by atoms with Crippen LogP contribution in [0.2, 0.25) is 0 Å². The Morgan fingerprint density at radius 3 is 2.75 bits per heavy atom. The summed E-state index contributed by atoms with van der Waals surface area (Å²) >= 11 is 1.50. The summed E-state index contributed by atoms with van der Waals surface area (Å²) in [5.74, 6) is -0.0256. The van der Waals surface area contributed by atoms with Crippen molar-refractivity contribution in [3.8, 4) is 10.6 Å². The van der Waals surface area contributed by atoms with Gasteiger partial charge in [0.15, 0.2) is 0 Å². The van der Waals surface area contributed by atoms with E-state index in [4.69, 9.17) is 0 Å². The maximum absolute atomic E-state index is 12.5. The van der Waals surface area contributed by atoms with Crippen LogP contribution in [-0.4, -0.2) is 44.3 Å². The molecular formula is C24H25N5O2S. The number of carbonyl (C=O) groups excluding carboxylic acids is 2. The molecule has 0 aliphatic carbocycles. The van der Waals surface area contributed by atoms with Crippen LogP contribution in [0.5, 0.6) is 0 Å². The van der Waals surface area contributed by atoms with Crippen LogP contribution in [0.25, 0.3) is 21.5 Å². The van der Waals surface area contributed by atoms with Gasteiger partial charge in [-0.3, -0.25) is 14.6 Å². The molecule has 3 heterocycles. The van der Waals surface area contributed by atoms with E-state index in [1.165, 1.54) is 11.3 Å². The van der Waals surface area contributed by atoms with Gasteiger partial charge in [0.1, 0.15) is 11.6 Å². The van der Waals surface area contributed by atoms with Gasteiger partial charge in [0.2, 0.25) is 11.8 Å². The summed E-state index contributed by atoms with van der Waals surface area (Å²) in [5, 5.41) is 6.67. The van der Waals surface area contributed by atoms with Crippen molar-refractivity contribution in [2.75, 3.05) is 18.4 Å². The first-order valence-electron chi connectivity index (χ1n) is 10.6. The standard InChI is InChI=1S/C24H25N5O2S/c1-3-28(4-2)23(31)15-29-11-9-17-12-19(7-8-21(17)29)26-22(30)13-20-16-32-24(27-20)18-6-5-10-25-14-18/h5-12,14,16H,3-4,13,15H2,1-2H3,(H,26,30). The van der Waals surface area contributed by atoms with Crippen molar-refractivity contribution in [3.63, 3.8) is 0 Å². The third-order valence-corrected chi connectivity index (χ3v) is 6.22. The molecule has 0 saturated carbocycles. The lowest BCUT2D eigenvalue weighted by molar-refractivity contribution is -0.131. The van der Waals surface area contributed by atoms with Gasteiger partial charge in [0, 0.05) is 59.2 Å². The molecule has 0 aliphatic rings. The lowest BCUT2D eigenvalue weighted by Crippen LogP contribution is -2.33. The van der Waals surface area contributed by atoms with Gasteiger partial charge in [-0.2, -0.15) is 0 Å². The lowest BCUT2D eigenvalue weighted by atomic mass is 10.2. The van der Waals surface area contributed by atoms with Crippen molar-refractivity contribution in [2.45, 2.75) is 26.8 Å². The minimum atomic E-state index is -0.122. The number of carbonyl (C=O) groups is 2. The Morgan fingerprint density at radius 2 is 2.00 bits per heavy atom. The fourth-order valence-electron chi connectivity index (χ4n) is 3.62. The van der Waals surface area contributed by atoms with Gasteiger partial charge < -0.3 is 14.8 Å². The van der Waals surface area contributed by atoms with E-state index >= 15 is 0 Å². The molecule has 164 valence electrons. The van der Waals surface area contributed by atoms with E-state index in [0.717, 1.165) is 32.9 Å². The highest BCUT2D eigenvalue weighted by atomic mass is 32.1. The molecule has 0 spiro atoms. The molecule has 0 radical (unpaired) electrons.